The predicted molar refractivity (Wildman–Crippen MR) is 94.2 cm³/mol. The molecule has 0 fully saturated rings. The Kier molecular flexibility index (Phi) is 4.98. The molecule has 0 aliphatic carbocycles. The van der Waals surface area contributed by atoms with E-state index in [0.29, 0.717) is 20.0 Å². The van der Waals surface area contributed by atoms with Crippen molar-refractivity contribution >= 4 is 56.3 Å². The molecule has 0 aromatic heterocycles. The van der Waals surface area contributed by atoms with Gasteiger partial charge in [-0.2, -0.15) is 0 Å². The molecule has 21 heavy (non-hydrogen) atoms. The maximum Gasteiger partial charge on any atom is 0.259 e. The van der Waals surface area contributed by atoms with Gasteiger partial charge in [-0.05, 0) is 52.3 Å². The van der Waals surface area contributed by atoms with Gasteiger partial charge in [0.15, 0.2) is 0 Å². The molecule has 0 saturated heterocycles. The van der Waals surface area contributed by atoms with Crippen LogP contribution in [0.2, 0.25) is 5.02 Å². The molecule has 0 atom stereocenters. The van der Waals surface area contributed by atoms with Gasteiger partial charge in [0.25, 0.3) is 5.91 Å². The number of amides is 1. The molecular weight excluding hydrogens is 372 g/mol. The molecule has 1 amide bonds. The second-order valence-electron chi connectivity index (χ2n) is 4.38. The minimum Gasteiger partial charge on any atom is -0.389 e. The Hall–Kier alpha value is -1.43. The number of thiocarbonyl (C=S) groups is 1. The molecule has 2 aromatic rings. The van der Waals surface area contributed by atoms with Gasteiger partial charge in [-0.25, -0.2) is 0 Å². The molecule has 0 bridgehead atoms. The molecule has 0 heterocycles. The molecule has 2 rings (SSSR count). The zero-order valence-corrected chi connectivity index (χ0v) is 14.3. The van der Waals surface area contributed by atoms with Gasteiger partial charge < -0.3 is 10.6 Å². The van der Waals surface area contributed by atoms with E-state index in [1.165, 1.54) is 4.90 Å². The SMILES string of the molecule is CN(C(=O)c1cccc(Br)c1Cl)c1ccc(C(N)=S)cc1. The summed E-state index contributed by atoms with van der Waals surface area (Å²) in [4.78, 5) is 14.4. The van der Waals surface area contributed by atoms with Crippen LogP contribution in [0, 0.1) is 0 Å². The van der Waals surface area contributed by atoms with Crippen molar-refractivity contribution in [3.63, 3.8) is 0 Å². The normalized spacial score (nSPS) is 10.2. The molecule has 0 aliphatic heterocycles. The Morgan fingerprint density at radius 2 is 1.86 bits per heavy atom. The van der Waals surface area contributed by atoms with Crippen molar-refractivity contribution in [2.75, 3.05) is 11.9 Å². The van der Waals surface area contributed by atoms with E-state index in [0.717, 1.165) is 11.3 Å². The molecule has 0 aliphatic rings. The van der Waals surface area contributed by atoms with Gasteiger partial charge in [0.1, 0.15) is 4.99 Å². The number of halogens is 2. The van der Waals surface area contributed by atoms with Gasteiger partial charge in [0, 0.05) is 22.8 Å². The molecule has 6 heteroatoms. The fourth-order valence-corrected chi connectivity index (χ4v) is 2.53. The van der Waals surface area contributed by atoms with Crippen molar-refractivity contribution in [2.45, 2.75) is 0 Å². The van der Waals surface area contributed by atoms with Crippen LogP contribution in [0.15, 0.2) is 46.9 Å². The number of carbonyl (C=O) groups is 1. The summed E-state index contributed by atoms with van der Waals surface area (Å²) >= 11 is 14.4. The van der Waals surface area contributed by atoms with Crippen molar-refractivity contribution < 1.29 is 4.79 Å². The van der Waals surface area contributed by atoms with Crippen LogP contribution in [0.25, 0.3) is 0 Å². The van der Waals surface area contributed by atoms with Gasteiger partial charge in [-0.3, -0.25) is 4.79 Å². The molecule has 108 valence electrons. The highest BCUT2D eigenvalue weighted by molar-refractivity contribution is 9.10. The standard InChI is InChI=1S/C15H12BrClN2OS/c1-19(10-7-5-9(6-8-10)14(18)21)15(20)11-3-2-4-12(16)13(11)17/h2-8H,1H3,(H2,18,21). The van der Waals surface area contributed by atoms with Crippen LogP contribution in [-0.2, 0) is 0 Å². The lowest BCUT2D eigenvalue weighted by molar-refractivity contribution is 0.0993. The van der Waals surface area contributed by atoms with Crippen molar-refractivity contribution in [3.05, 3.63) is 63.1 Å². The van der Waals surface area contributed by atoms with Crippen molar-refractivity contribution in [1.29, 1.82) is 0 Å². The third-order valence-electron chi connectivity index (χ3n) is 3.03. The van der Waals surface area contributed by atoms with Crippen LogP contribution >= 0.6 is 39.7 Å². The lowest BCUT2D eigenvalue weighted by Gasteiger charge is -2.18. The van der Waals surface area contributed by atoms with Crippen molar-refractivity contribution in [2.24, 2.45) is 5.73 Å². The van der Waals surface area contributed by atoms with Crippen LogP contribution in [0.1, 0.15) is 15.9 Å². The highest BCUT2D eigenvalue weighted by atomic mass is 79.9. The summed E-state index contributed by atoms with van der Waals surface area (Å²) in [6, 6.07) is 12.4. The molecule has 0 spiro atoms. The Bertz CT molecular complexity index is 703. The van der Waals surface area contributed by atoms with E-state index in [1.807, 2.05) is 0 Å². The predicted octanol–water partition coefficient (Wildman–Crippen LogP) is 4.01. The summed E-state index contributed by atoms with van der Waals surface area (Å²) < 4.78 is 0.687. The number of anilines is 1. The van der Waals surface area contributed by atoms with Crippen LogP contribution in [-0.4, -0.2) is 17.9 Å². The van der Waals surface area contributed by atoms with Crippen LogP contribution in [0.5, 0.6) is 0 Å². The fraction of sp³-hybridized carbons (Fsp3) is 0.0667. The van der Waals surface area contributed by atoms with Crippen LogP contribution in [0.4, 0.5) is 5.69 Å². The fourth-order valence-electron chi connectivity index (χ4n) is 1.82. The second kappa shape index (κ2) is 6.56. The number of hydrogen-bond donors (Lipinski definition) is 1. The third kappa shape index (κ3) is 3.43. The maximum absolute atomic E-state index is 12.5. The van der Waals surface area contributed by atoms with Crippen LogP contribution < -0.4 is 10.6 Å². The number of benzene rings is 2. The average Bonchev–Trinajstić information content (AvgIpc) is 2.48. The largest absolute Gasteiger partial charge is 0.389 e. The van der Waals surface area contributed by atoms with Gasteiger partial charge in [0.05, 0.1) is 10.6 Å². The molecule has 3 nitrogen and oxygen atoms in total. The van der Waals surface area contributed by atoms with E-state index in [4.69, 9.17) is 29.6 Å². The van der Waals surface area contributed by atoms with Gasteiger partial charge >= 0.3 is 0 Å². The van der Waals surface area contributed by atoms with E-state index in [9.17, 15) is 4.79 Å². The molecule has 0 saturated carbocycles. The summed E-state index contributed by atoms with van der Waals surface area (Å²) in [5.74, 6) is -0.190. The quantitative estimate of drug-likeness (QED) is 0.815. The molecule has 0 unspecified atom stereocenters. The smallest absolute Gasteiger partial charge is 0.259 e. The first kappa shape index (κ1) is 15.9. The number of carbonyl (C=O) groups excluding carboxylic acids is 1. The number of rotatable bonds is 3. The third-order valence-corrected chi connectivity index (χ3v) is 4.56. The van der Waals surface area contributed by atoms with E-state index in [2.05, 4.69) is 15.9 Å². The minimum absolute atomic E-state index is 0.190. The summed E-state index contributed by atoms with van der Waals surface area (Å²) in [6.07, 6.45) is 0. The Labute approximate surface area is 141 Å². The van der Waals surface area contributed by atoms with E-state index in [-0.39, 0.29) is 5.91 Å². The molecular formula is C15H12BrClN2OS. The zero-order valence-electron chi connectivity index (χ0n) is 11.1. The topological polar surface area (TPSA) is 46.3 Å². The van der Waals surface area contributed by atoms with Gasteiger partial charge in [-0.1, -0.05) is 29.9 Å². The summed E-state index contributed by atoms with van der Waals surface area (Å²) in [5, 5.41) is 0.397. The first-order valence-corrected chi connectivity index (χ1v) is 7.61. The monoisotopic (exact) mass is 382 g/mol. The van der Waals surface area contributed by atoms with Crippen molar-refractivity contribution in [1.82, 2.24) is 0 Å². The summed E-state index contributed by atoms with van der Waals surface area (Å²) in [5.41, 5.74) is 7.48. The maximum atomic E-state index is 12.5. The van der Waals surface area contributed by atoms with E-state index in [1.54, 1.807) is 49.5 Å². The number of nitrogens with zero attached hydrogens (tertiary/aromatic N) is 1. The summed E-state index contributed by atoms with van der Waals surface area (Å²) in [7, 11) is 1.69. The average molecular weight is 384 g/mol. The highest BCUT2D eigenvalue weighted by Crippen LogP contribution is 2.28. The zero-order chi connectivity index (χ0) is 15.6. The van der Waals surface area contributed by atoms with Crippen LogP contribution in [0.3, 0.4) is 0 Å². The number of nitrogens with two attached hydrogens (primary N) is 1. The van der Waals surface area contributed by atoms with Gasteiger partial charge in [0.2, 0.25) is 0 Å². The Morgan fingerprint density at radius 1 is 1.24 bits per heavy atom. The lowest BCUT2D eigenvalue weighted by Crippen LogP contribution is -2.26. The number of hydrogen-bond acceptors (Lipinski definition) is 2. The lowest BCUT2D eigenvalue weighted by atomic mass is 10.1. The highest BCUT2D eigenvalue weighted by Gasteiger charge is 2.17. The van der Waals surface area contributed by atoms with Crippen molar-refractivity contribution in [3.8, 4) is 0 Å². The minimum atomic E-state index is -0.190. The first-order chi connectivity index (χ1) is 9.91. The first-order valence-electron chi connectivity index (χ1n) is 6.03. The van der Waals surface area contributed by atoms with E-state index >= 15 is 0 Å². The second-order valence-corrected chi connectivity index (χ2v) is 6.05. The molecule has 2 N–H and O–H groups in total. The Morgan fingerprint density at radius 3 is 2.43 bits per heavy atom. The van der Waals surface area contributed by atoms with Gasteiger partial charge in [-0.15, -0.1) is 0 Å². The molecule has 0 radical (unpaired) electrons. The van der Waals surface area contributed by atoms with E-state index < -0.39 is 0 Å². The Balaban J connectivity index is 2.30. The summed E-state index contributed by atoms with van der Waals surface area (Å²) in [6.45, 7) is 0. The molecule has 2 aromatic carbocycles.